The van der Waals surface area contributed by atoms with E-state index in [1.165, 1.54) is 23.7 Å². The Balaban J connectivity index is 2.78. The number of carbonyl (C=O) groups is 1. The van der Waals surface area contributed by atoms with Crippen molar-refractivity contribution in [3.8, 4) is 5.69 Å². The lowest BCUT2D eigenvalue weighted by atomic mass is 10.1. The number of rotatable bonds is 2. The molecular formula is C13H12BrFN2O. The van der Waals surface area contributed by atoms with Crippen LogP contribution in [0.2, 0.25) is 0 Å². The first-order valence-corrected chi connectivity index (χ1v) is 6.24. The highest BCUT2D eigenvalue weighted by Crippen LogP contribution is 2.26. The third-order valence-electron chi connectivity index (χ3n) is 2.78. The fourth-order valence-corrected chi connectivity index (χ4v) is 2.10. The van der Waals surface area contributed by atoms with Crippen LogP contribution in [0.25, 0.3) is 5.69 Å². The summed E-state index contributed by atoms with van der Waals surface area (Å²) in [4.78, 5) is 11.6. The van der Waals surface area contributed by atoms with Crippen molar-refractivity contribution < 1.29 is 9.18 Å². The Morgan fingerprint density at radius 2 is 2.06 bits per heavy atom. The van der Waals surface area contributed by atoms with E-state index in [0.717, 1.165) is 15.9 Å². The van der Waals surface area contributed by atoms with Gasteiger partial charge in [0.05, 0.1) is 15.9 Å². The topological polar surface area (TPSA) is 34.9 Å². The summed E-state index contributed by atoms with van der Waals surface area (Å²) in [5, 5.41) is 4.26. The van der Waals surface area contributed by atoms with Crippen LogP contribution in [-0.4, -0.2) is 15.6 Å². The van der Waals surface area contributed by atoms with E-state index >= 15 is 0 Å². The monoisotopic (exact) mass is 310 g/mol. The molecule has 0 aliphatic carbocycles. The van der Waals surface area contributed by atoms with Gasteiger partial charge in [-0.3, -0.25) is 4.79 Å². The van der Waals surface area contributed by atoms with E-state index in [0.29, 0.717) is 5.56 Å². The van der Waals surface area contributed by atoms with Crippen LogP contribution in [0.5, 0.6) is 0 Å². The van der Waals surface area contributed by atoms with E-state index in [2.05, 4.69) is 21.0 Å². The van der Waals surface area contributed by atoms with Gasteiger partial charge in [0.2, 0.25) is 0 Å². The Kier molecular flexibility index (Phi) is 3.34. The van der Waals surface area contributed by atoms with Crippen LogP contribution in [0, 0.1) is 19.7 Å². The highest BCUT2D eigenvalue weighted by Gasteiger charge is 2.18. The normalized spacial score (nSPS) is 10.7. The second-order valence-corrected chi connectivity index (χ2v) is 4.88. The van der Waals surface area contributed by atoms with Crippen molar-refractivity contribution in [1.82, 2.24) is 9.78 Å². The molecule has 0 atom stereocenters. The molecule has 0 fully saturated rings. The molecule has 0 unspecified atom stereocenters. The van der Waals surface area contributed by atoms with Gasteiger partial charge in [-0.25, -0.2) is 9.07 Å². The van der Waals surface area contributed by atoms with Gasteiger partial charge < -0.3 is 0 Å². The third kappa shape index (κ3) is 1.99. The molecule has 0 radical (unpaired) electrons. The maximum Gasteiger partial charge on any atom is 0.162 e. The van der Waals surface area contributed by atoms with Crippen molar-refractivity contribution in [2.24, 2.45) is 0 Å². The molecule has 1 aromatic carbocycles. The summed E-state index contributed by atoms with van der Waals surface area (Å²) >= 11 is 3.39. The summed E-state index contributed by atoms with van der Waals surface area (Å²) in [6, 6.07) is 4.45. The van der Waals surface area contributed by atoms with Crippen LogP contribution in [-0.2, 0) is 0 Å². The molecule has 0 spiro atoms. The predicted octanol–water partition coefficient (Wildman–Crippen LogP) is 3.59. The first-order chi connectivity index (χ1) is 8.43. The summed E-state index contributed by atoms with van der Waals surface area (Å²) in [6.45, 7) is 5.06. The van der Waals surface area contributed by atoms with Crippen LogP contribution in [0.4, 0.5) is 4.39 Å². The quantitative estimate of drug-likeness (QED) is 0.794. The maximum atomic E-state index is 14.0. The number of carbonyl (C=O) groups excluding carboxylic acids is 1. The van der Waals surface area contributed by atoms with Crippen molar-refractivity contribution in [2.75, 3.05) is 0 Å². The van der Waals surface area contributed by atoms with Crippen molar-refractivity contribution >= 4 is 21.7 Å². The Hall–Kier alpha value is -1.49. The second kappa shape index (κ2) is 4.65. The zero-order valence-corrected chi connectivity index (χ0v) is 11.9. The molecule has 3 nitrogen and oxygen atoms in total. The Morgan fingerprint density at radius 1 is 1.39 bits per heavy atom. The summed E-state index contributed by atoms with van der Waals surface area (Å²) in [5.74, 6) is -0.644. The van der Waals surface area contributed by atoms with Crippen LogP contribution in [0.15, 0.2) is 22.7 Å². The number of aryl methyl sites for hydroxylation is 1. The molecule has 2 rings (SSSR count). The van der Waals surface area contributed by atoms with Crippen LogP contribution in [0.1, 0.15) is 28.7 Å². The molecule has 0 bridgehead atoms. The molecule has 0 aliphatic heterocycles. The molecular weight excluding hydrogens is 299 g/mol. The number of benzene rings is 1. The first-order valence-electron chi connectivity index (χ1n) is 5.45. The van der Waals surface area contributed by atoms with Crippen molar-refractivity contribution in [2.45, 2.75) is 20.8 Å². The zero-order valence-electron chi connectivity index (χ0n) is 10.3. The molecule has 5 heteroatoms. The number of hydrogen-bond donors (Lipinski definition) is 0. The number of hydrogen-bond acceptors (Lipinski definition) is 2. The van der Waals surface area contributed by atoms with Gasteiger partial charge >= 0.3 is 0 Å². The first kappa shape index (κ1) is 13.0. The summed E-state index contributed by atoms with van der Waals surface area (Å²) in [5.41, 5.74) is 2.05. The minimum absolute atomic E-state index is 0.187. The molecule has 0 amide bonds. The van der Waals surface area contributed by atoms with E-state index in [9.17, 15) is 9.18 Å². The Bertz CT molecular complexity index is 634. The van der Waals surface area contributed by atoms with E-state index in [4.69, 9.17) is 0 Å². The SMILES string of the molecule is CC(=O)c1cccc(F)c1-n1nc(C)c(Br)c1C. The van der Waals surface area contributed by atoms with Gasteiger partial charge in [-0.05, 0) is 48.8 Å². The number of halogens is 2. The molecule has 0 N–H and O–H groups in total. The number of aromatic nitrogens is 2. The van der Waals surface area contributed by atoms with Gasteiger partial charge in [0, 0.05) is 5.56 Å². The van der Waals surface area contributed by atoms with Gasteiger partial charge in [0.25, 0.3) is 0 Å². The lowest BCUT2D eigenvalue weighted by molar-refractivity contribution is 0.101. The van der Waals surface area contributed by atoms with Crippen LogP contribution >= 0.6 is 15.9 Å². The Morgan fingerprint density at radius 3 is 2.56 bits per heavy atom. The van der Waals surface area contributed by atoms with Gasteiger partial charge in [0.15, 0.2) is 5.78 Å². The predicted molar refractivity (Wildman–Crippen MR) is 70.7 cm³/mol. The maximum absolute atomic E-state index is 14.0. The molecule has 18 heavy (non-hydrogen) atoms. The minimum atomic E-state index is -0.458. The molecule has 2 aromatic rings. The summed E-state index contributed by atoms with van der Waals surface area (Å²) in [6.07, 6.45) is 0. The average molecular weight is 311 g/mol. The zero-order chi connectivity index (χ0) is 13.4. The van der Waals surface area contributed by atoms with E-state index < -0.39 is 5.82 Å². The van der Waals surface area contributed by atoms with Gasteiger partial charge in [0.1, 0.15) is 11.5 Å². The minimum Gasteiger partial charge on any atom is -0.294 e. The standard InChI is InChI=1S/C13H12BrFN2O/c1-7-12(14)8(2)17(16-7)13-10(9(3)18)5-4-6-11(13)15/h4-6H,1-3H3. The molecule has 94 valence electrons. The summed E-state index contributed by atoms with van der Waals surface area (Å²) in [7, 11) is 0. The third-order valence-corrected chi connectivity index (χ3v) is 3.93. The fourth-order valence-electron chi connectivity index (χ4n) is 1.86. The largest absolute Gasteiger partial charge is 0.294 e. The smallest absolute Gasteiger partial charge is 0.162 e. The van der Waals surface area contributed by atoms with Gasteiger partial charge in [-0.1, -0.05) is 6.07 Å². The van der Waals surface area contributed by atoms with Crippen LogP contribution < -0.4 is 0 Å². The van der Waals surface area contributed by atoms with Crippen LogP contribution in [0.3, 0.4) is 0 Å². The number of nitrogens with zero attached hydrogens (tertiary/aromatic N) is 2. The highest BCUT2D eigenvalue weighted by molar-refractivity contribution is 9.10. The molecule has 0 saturated heterocycles. The molecule has 1 aromatic heterocycles. The lowest BCUT2D eigenvalue weighted by Crippen LogP contribution is -2.09. The van der Waals surface area contributed by atoms with E-state index in [1.54, 1.807) is 6.07 Å². The number of Topliss-reactive ketones (excluding diaryl/α,β-unsaturated/α-hetero) is 1. The van der Waals surface area contributed by atoms with Crippen molar-refractivity contribution in [1.29, 1.82) is 0 Å². The molecule has 0 saturated carbocycles. The highest BCUT2D eigenvalue weighted by atomic mass is 79.9. The van der Waals surface area contributed by atoms with E-state index in [-0.39, 0.29) is 11.5 Å². The van der Waals surface area contributed by atoms with Crippen molar-refractivity contribution in [3.05, 3.63) is 45.4 Å². The number of para-hydroxylation sites is 1. The average Bonchev–Trinajstić information content (AvgIpc) is 2.56. The Labute approximate surface area is 113 Å². The number of ketones is 1. The second-order valence-electron chi connectivity index (χ2n) is 4.09. The van der Waals surface area contributed by atoms with Gasteiger partial charge in [-0.15, -0.1) is 0 Å². The lowest BCUT2D eigenvalue weighted by Gasteiger charge is -2.10. The van der Waals surface area contributed by atoms with Crippen molar-refractivity contribution in [3.63, 3.8) is 0 Å². The van der Waals surface area contributed by atoms with Gasteiger partial charge in [-0.2, -0.15) is 5.10 Å². The molecule has 0 aliphatic rings. The summed E-state index contributed by atoms with van der Waals surface area (Å²) < 4.78 is 16.3. The molecule has 1 heterocycles. The van der Waals surface area contributed by atoms with E-state index in [1.807, 2.05) is 13.8 Å². The fraction of sp³-hybridized carbons (Fsp3) is 0.231.